The number of nitro benzene ring substituents is 1. The third kappa shape index (κ3) is 4.19. The van der Waals surface area contributed by atoms with Crippen molar-refractivity contribution in [3.05, 3.63) is 68.0 Å². The number of nitrogens with zero attached hydrogens (tertiary/aromatic N) is 4. The van der Waals surface area contributed by atoms with Crippen LogP contribution in [0.15, 0.2) is 47.3 Å². The summed E-state index contributed by atoms with van der Waals surface area (Å²) in [4.78, 5) is 43.0. The van der Waals surface area contributed by atoms with Gasteiger partial charge in [-0.05, 0) is 30.3 Å². The first-order chi connectivity index (χ1) is 14.4. The molecule has 0 saturated carbocycles. The summed E-state index contributed by atoms with van der Waals surface area (Å²) in [5.74, 6) is 0. The monoisotopic (exact) mass is 445 g/mol. The predicted octanol–water partition coefficient (Wildman–Crippen LogP) is 3.57. The van der Waals surface area contributed by atoms with Gasteiger partial charge in [0.25, 0.3) is 11.2 Å². The predicted molar refractivity (Wildman–Crippen MR) is 117 cm³/mol. The zero-order chi connectivity index (χ0) is 21.3. The van der Waals surface area contributed by atoms with Crippen molar-refractivity contribution >= 4 is 55.6 Å². The van der Waals surface area contributed by atoms with Gasteiger partial charge >= 0.3 is 6.03 Å². The summed E-state index contributed by atoms with van der Waals surface area (Å²) in [6, 6.07) is 10.9. The normalized spacial score (nSPS) is 14.0. The molecule has 4 rings (SSSR count). The number of amides is 2. The van der Waals surface area contributed by atoms with Crippen molar-refractivity contribution in [1.82, 2.24) is 9.88 Å². The number of carbonyl (C=O) groups excluding carboxylic acids is 1. The summed E-state index contributed by atoms with van der Waals surface area (Å²) < 4.78 is 0.638. The number of hydrogen-bond donors (Lipinski definition) is 1. The zero-order valence-electron chi connectivity index (χ0n) is 15.6. The Bertz CT molecular complexity index is 1180. The maximum absolute atomic E-state index is 12.5. The topological polar surface area (TPSA) is 109 Å². The maximum Gasteiger partial charge on any atom is 0.321 e. The SMILES string of the molecule is O=C(Nc1ccc(Cl)cc1)N1CCN(c2nc(=O)c3cc([N+](=O)[O-])ccc3s2)CC1. The Morgan fingerprint density at radius 2 is 1.83 bits per heavy atom. The number of aromatic nitrogens is 1. The van der Waals surface area contributed by atoms with E-state index in [1.165, 1.54) is 23.5 Å². The molecule has 1 aromatic heterocycles. The number of nitro groups is 1. The Kier molecular flexibility index (Phi) is 5.51. The number of benzene rings is 2. The second kappa shape index (κ2) is 8.25. The van der Waals surface area contributed by atoms with E-state index in [9.17, 15) is 19.7 Å². The molecule has 2 aromatic carbocycles. The largest absolute Gasteiger partial charge is 0.344 e. The number of piperazine rings is 1. The fourth-order valence-corrected chi connectivity index (χ4v) is 4.28. The van der Waals surface area contributed by atoms with Crippen LogP contribution in [0.2, 0.25) is 5.02 Å². The Morgan fingerprint density at radius 1 is 1.13 bits per heavy atom. The molecule has 0 unspecified atom stereocenters. The minimum absolute atomic E-state index is 0.137. The van der Waals surface area contributed by atoms with Crippen LogP contribution in [0.4, 0.5) is 21.3 Å². The number of non-ortho nitro benzene ring substituents is 1. The number of urea groups is 1. The second-order valence-electron chi connectivity index (χ2n) is 6.65. The molecule has 9 nitrogen and oxygen atoms in total. The molecule has 0 aliphatic carbocycles. The van der Waals surface area contributed by atoms with Crippen molar-refractivity contribution in [3.63, 3.8) is 0 Å². The van der Waals surface area contributed by atoms with Gasteiger partial charge in [-0.15, -0.1) is 0 Å². The van der Waals surface area contributed by atoms with Gasteiger partial charge in [-0.25, -0.2) is 4.79 Å². The van der Waals surface area contributed by atoms with Gasteiger partial charge in [-0.2, -0.15) is 4.98 Å². The molecule has 0 bridgehead atoms. The number of anilines is 2. The third-order valence-corrected chi connectivity index (χ3v) is 6.10. The first-order valence-electron chi connectivity index (χ1n) is 9.06. The molecule has 0 spiro atoms. The Labute approximate surface area is 179 Å². The van der Waals surface area contributed by atoms with Gasteiger partial charge < -0.3 is 15.1 Å². The van der Waals surface area contributed by atoms with Gasteiger partial charge in [0.15, 0.2) is 5.13 Å². The average molecular weight is 446 g/mol. The molecule has 0 atom stereocenters. The number of carbonyl (C=O) groups is 1. The second-order valence-corrected chi connectivity index (χ2v) is 8.10. The number of fused-ring (bicyclic) bond motifs is 1. The summed E-state index contributed by atoms with van der Waals surface area (Å²) in [6.45, 7) is 1.99. The van der Waals surface area contributed by atoms with Crippen LogP contribution in [-0.2, 0) is 0 Å². The summed E-state index contributed by atoms with van der Waals surface area (Å²) in [6.07, 6.45) is 0. The van der Waals surface area contributed by atoms with Crippen molar-refractivity contribution in [2.24, 2.45) is 0 Å². The minimum atomic E-state index is -0.536. The molecule has 1 N–H and O–H groups in total. The van der Waals surface area contributed by atoms with Gasteiger partial charge in [0.2, 0.25) is 0 Å². The minimum Gasteiger partial charge on any atom is -0.344 e. The number of halogens is 1. The van der Waals surface area contributed by atoms with E-state index in [0.29, 0.717) is 46.7 Å². The standard InChI is InChI=1S/C19H16ClN5O4S/c20-12-1-3-13(4-2-12)21-18(27)23-7-9-24(10-8-23)19-22-17(26)15-11-14(25(28)29)5-6-16(15)30-19/h1-6,11H,7-10H2,(H,21,27). The lowest BCUT2D eigenvalue weighted by Crippen LogP contribution is -2.50. The molecule has 2 amide bonds. The van der Waals surface area contributed by atoms with Crippen LogP contribution in [0, 0.1) is 10.1 Å². The van der Waals surface area contributed by atoms with Gasteiger partial charge in [-0.3, -0.25) is 14.9 Å². The van der Waals surface area contributed by atoms with E-state index in [2.05, 4.69) is 10.3 Å². The maximum atomic E-state index is 12.5. The molecule has 0 radical (unpaired) electrons. The highest BCUT2D eigenvalue weighted by Crippen LogP contribution is 2.27. The molecule has 2 heterocycles. The average Bonchev–Trinajstić information content (AvgIpc) is 2.75. The molecule has 1 aliphatic heterocycles. The van der Waals surface area contributed by atoms with E-state index in [1.807, 2.05) is 4.90 Å². The fourth-order valence-electron chi connectivity index (χ4n) is 3.13. The highest BCUT2D eigenvalue weighted by molar-refractivity contribution is 7.21. The number of nitrogens with one attached hydrogen (secondary N) is 1. The van der Waals surface area contributed by atoms with Gasteiger partial charge in [0, 0.05) is 53.7 Å². The van der Waals surface area contributed by atoms with Crippen LogP contribution in [0.1, 0.15) is 0 Å². The first-order valence-corrected chi connectivity index (χ1v) is 10.3. The summed E-state index contributed by atoms with van der Waals surface area (Å²) in [5.41, 5.74) is 0.0300. The molecule has 1 saturated heterocycles. The van der Waals surface area contributed by atoms with Crippen molar-refractivity contribution in [3.8, 4) is 0 Å². The van der Waals surface area contributed by atoms with E-state index < -0.39 is 10.5 Å². The summed E-state index contributed by atoms with van der Waals surface area (Å²) >= 11 is 7.16. The molecular formula is C19H16ClN5O4S. The van der Waals surface area contributed by atoms with Crippen LogP contribution in [-0.4, -0.2) is 47.0 Å². The lowest BCUT2D eigenvalue weighted by atomic mass is 10.2. The van der Waals surface area contributed by atoms with Crippen LogP contribution < -0.4 is 15.8 Å². The smallest absolute Gasteiger partial charge is 0.321 e. The molecule has 1 fully saturated rings. The Hall–Kier alpha value is -3.24. The summed E-state index contributed by atoms with van der Waals surface area (Å²) in [7, 11) is 0. The fraction of sp³-hybridized carbons (Fsp3) is 0.211. The van der Waals surface area contributed by atoms with Crippen LogP contribution in [0.3, 0.4) is 0 Å². The van der Waals surface area contributed by atoms with Gasteiger partial charge in [0.05, 0.1) is 10.3 Å². The molecule has 154 valence electrons. The number of hydrogen-bond acceptors (Lipinski definition) is 7. The van der Waals surface area contributed by atoms with E-state index >= 15 is 0 Å². The van der Waals surface area contributed by atoms with E-state index in [4.69, 9.17) is 11.6 Å². The van der Waals surface area contributed by atoms with Crippen molar-refractivity contribution < 1.29 is 9.72 Å². The lowest BCUT2D eigenvalue weighted by molar-refractivity contribution is -0.384. The lowest BCUT2D eigenvalue weighted by Gasteiger charge is -2.34. The molecule has 30 heavy (non-hydrogen) atoms. The van der Waals surface area contributed by atoms with Crippen LogP contribution in [0.5, 0.6) is 0 Å². The van der Waals surface area contributed by atoms with Crippen molar-refractivity contribution in [1.29, 1.82) is 0 Å². The molecule has 3 aromatic rings. The Balaban J connectivity index is 1.44. The highest BCUT2D eigenvalue weighted by atomic mass is 35.5. The molecule has 11 heteroatoms. The number of rotatable bonds is 3. The van der Waals surface area contributed by atoms with Crippen molar-refractivity contribution in [2.45, 2.75) is 0 Å². The Morgan fingerprint density at radius 3 is 2.50 bits per heavy atom. The highest BCUT2D eigenvalue weighted by Gasteiger charge is 2.23. The van der Waals surface area contributed by atoms with E-state index in [1.54, 1.807) is 35.2 Å². The third-order valence-electron chi connectivity index (χ3n) is 4.74. The summed E-state index contributed by atoms with van der Waals surface area (Å²) in [5, 5.41) is 15.1. The molecule has 1 aliphatic rings. The van der Waals surface area contributed by atoms with Gasteiger partial charge in [-0.1, -0.05) is 22.9 Å². The molecular weight excluding hydrogens is 430 g/mol. The van der Waals surface area contributed by atoms with Crippen molar-refractivity contribution in [2.75, 3.05) is 36.4 Å². The van der Waals surface area contributed by atoms with Gasteiger partial charge in [0.1, 0.15) is 0 Å². The van der Waals surface area contributed by atoms with E-state index in [-0.39, 0.29) is 17.1 Å². The quantitative estimate of drug-likeness (QED) is 0.487. The van der Waals surface area contributed by atoms with E-state index in [0.717, 1.165) is 0 Å². The van der Waals surface area contributed by atoms with Crippen LogP contribution >= 0.6 is 22.9 Å². The first kappa shape index (κ1) is 20.0. The van der Waals surface area contributed by atoms with Crippen LogP contribution in [0.25, 0.3) is 10.1 Å². The zero-order valence-corrected chi connectivity index (χ0v) is 17.2.